The molecule has 0 amide bonds. The lowest BCUT2D eigenvalue weighted by atomic mass is 10.2. The second-order valence-corrected chi connectivity index (χ2v) is 5.34. The Morgan fingerprint density at radius 2 is 2.05 bits per heavy atom. The van der Waals surface area contributed by atoms with Gasteiger partial charge in [0.25, 0.3) is 5.69 Å². The van der Waals surface area contributed by atoms with Gasteiger partial charge >= 0.3 is 0 Å². The van der Waals surface area contributed by atoms with E-state index in [1.165, 1.54) is 19.2 Å². The molecule has 2 rings (SSSR count). The predicted molar refractivity (Wildman–Crippen MR) is 84.0 cm³/mol. The number of halogens is 1. The molecular weight excluding hydrogens is 354 g/mol. The Morgan fingerprint density at radius 3 is 2.68 bits per heavy atom. The van der Waals surface area contributed by atoms with Gasteiger partial charge < -0.3 is 14.6 Å². The third-order valence-electron chi connectivity index (χ3n) is 2.98. The molecule has 22 heavy (non-hydrogen) atoms. The highest BCUT2D eigenvalue weighted by Crippen LogP contribution is 2.37. The molecule has 0 bridgehead atoms. The molecule has 0 aliphatic carbocycles. The standard InChI is InChI=1S/C15H14BrNO5/c1-21-14-7-11(8-18)6-13(16)15(14)22-9-10-3-2-4-12(5-10)17(19)20/h2-7,18H,8-9H2,1H3. The summed E-state index contributed by atoms with van der Waals surface area (Å²) in [6.07, 6.45) is 0. The van der Waals surface area contributed by atoms with E-state index in [2.05, 4.69) is 15.9 Å². The molecule has 0 aromatic heterocycles. The lowest BCUT2D eigenvalue weighted by Gasteiger charge is -2.14. The van der Waals surface area contributed by atoms with E-state index in [9.17, 15) is 15.2 Å². The van der Waals surface area contributed by atoms with Crippen LogP contribution >= 0.6 is 15.9 Å². The fourth-order valence-corrected chi connectivity index (χ4v) is 2.52. The van der Waals surface area contributed by atoms with Crippen molar-refractivity contribution >= 4 is 21.6 Å². The van der Waals surface area contributed by atoms with Gasteiger partial charge in [0.05, 0.1) is 23.1 Å². The number of aliphatic hydroxyl groups is 1. The zero-order valence-electron chi connectivity index (χ0n) is 11.8. The number of nitrogens with zero attached hydrogens (tertiary/aromatic N) is 1. The van der Waals surface area contributed by atoms with Crippen molar-refractivity contribution in [2.75, 3.05) is 7.11 Å². The number of nitro benzene ring substituents is 1. The lowest BCUT2D eigenvalue weighted by molar-refractivity contribution is -0.384. The number of non-ortho nitro benzene ring substituents is 1. The van der Waals surface area contributed by atoms with Crippen molar-refractivity contribution in [3.05, 3.63) is 62.1 Å². The van der Waals surface area contributed by atoms with Crippen molar-refractivity contribution in [1.82, 2.24) is 0 Å². The van der Waals surface area contributed by atoms with Crippen LogP contribution in [0.5, 0.6) is 11.5 Å². The number of nitro groups is 1. The van der Waals surface area contributed by atoms with Crippen molar-refractivity contribution < 1.29 is 19.5 Å². The van der Waals surface area contributed by atoms with Gasteiger partial charge in [0.2, 0.25) is 0 Å². The first-order valence-corrected chi connectivity index (χ1v) is 7.18. The summed E-state index contributed by atoms with van der Waals surface area (Å²) in [5.41, 5.74) is 1.38. The van der Waals surface area contributed by atoms with E-state index in [1.807, 2.05) is 0 Å². The molecule has 0 aliphatic rings. The summed E-state index contributed by atoms with van der Waals surface area (Å²) in [4.78, 5) is 10.3. The Hall–Kier alpha value is -2.12. The maximum absolute atomic E-state index is 10.8. The maximum Gasteiger partial charge on any atom is 0.269 e. The number of rotatable bonds is 6. The molecule has 0 saturated carbocycles. The van der Waals surface area contributed by atoms with E-state index in [4.69, 9.17) is 9.47 Å². The second-order valence-electron chi connectivity index (χ2n) is 4.48. The van der Waals surface area contributed by atoms with E-state index in [1.54, 1.807) is 24.3 Å². The van der Waals surface area contributed by atoms with Crippen LogP contribution in [0, 0.1) is 10.1 Å². The molecule has 7 heteroatoms. The smallest absolute Gasteiger partial charge is 0.269 e. The number of aliphatic hydroxyl groups excluding tert-OH is 1. The highest BCUT2D eigenvalue weighted by Gasteiger charge is 2.13. The molecule has 0 heterocycles. The quantitative estimate of drug-likeness (QED) is 0.624. The van der Waals surface area contributed by atoms with E-state index in [-0.39, 0.29) is 18.9 Å². The minimum atomic E-state index is -0.448. The first kappa shape index (κ1) is 16.3. The van der Waals surface area contributed by atoms with Crippen LogP contribution < -0.4 is 9.47 Å². The minimum absolute atomic E-state index is 0.0164. The average Bonchev–Trinajstić information content (AvgIpc) is 2.53. The summed E-state index contributed by atoms with van der Waals surface area (Å²) in [6.45, 7) is 0.0508. The Bertz CT molecular complexity index is 690. The molecule has 0 fully saturated rings. The molecule has 0 unspecified atom stereocenters. The number of ether oxygens (including phenoxy) is 2. The summed E-state index contributed by atoms with van der Waals surface area (Å²) in [5.74, 6) is 0.954. The molecule has 6 nitrogen and oxygen atoms in total. The molecule has 2 aromatic rings. The fraction of sp³-hybridized carbons (Fsp3) is 0.200. The van der Waals surface area contributed by atoms with Gasteiger partial charge in [-0.3, -0.25) is 10.1 Å². The van der Waals surface area contributed by atoms with Crippen molar-refractivity contribution in [3.63, 3.8) is 0 Å². The van der Waals surface area contributed by atoms with E-state index in [0.717, 1.165) is 0 Å². The number of benzene rings is 2. The van der Waals surface area contributed by atoms with Gasteiger partial charge in [0.1, 0.15) is 6.61 Å². The highest BCUT2D eigenvalue weighted by atomic mass is 79.9. The number of methoxy groups -OCH3 is 1. The van der Waals surface area contributed by atoms with Crippen LogP contribution in [0.4, 0.5) is 5.69 Å². The molecule has 116 valence electrons. The third-order valence-corrected chi connectivity index (χ3v) is 3.57. The molecule has 0 saturated heterocycles. The van der Waals surface area contributed by atoms with Crippen LogP contribution in [0.25, 0.3) is 0 Å². The minimum Gasteiger partial charge on any atom is -0.493 e. The van der Waals surface area contributed by atoms with Gasteiger partial charge in [0.15, 0.2) is 11.5 Å². The molecule has 0 atom stereocenters. The van der Waals surface area contributed by atoms with Gasteiger partial charge in [-0.1, -0.05) is 12.1 Å². The van der Waals surface area contributed by atoms with Gasteiger partial charge in [-0.25, -0.2) is 0 Å². The SMILES string of the molecule is COc1cc(CO)cc(Br)c1OCc1cccc([N+](=O)[O-])c1. The van der Waals surface area contributed by atoms with E-state index in [0.29, 0.717) is 27.1 Å². The van der Waals surface area contributed by atoms with Gasteiger partial charge in [-0.15, -0.1) is 0 Å². The van der Waals surface area contributed by atoms with Crippen LogP contribution in [0.2, 0.25) is 0 Å². The highest BCUT2D eigenvalue weighted by molar-refractivity contribution is 9.10. The second kappa shape index (κ2) is 7.24. The average molecular weight is 368 g/mol. The van der Waals surface area contributed by atoms with Crippen molar-refractivity contribution in [2.45, 2.75) is 13.2 Å². The number of hydrogen-bond acceptors (Lipinski definition) is 5. The first-order chi connectivity index (χ1) is 10.5. The first-order valence-electron chi connectivity index (χ1n) is 6.38. The fourth-order valence-electron chi connectivity index (χ4n) is 1.92. The Balaban J connectivity index is 2.21. The van der Waals surface area contributed by atoms with Gasteiger partial charge in [-0.05, 0) is 39.2 Å². The summed E-state index contributed by atoms with van der Waals surface area (Å²) in [5, 5.41) is 19.9. The largest absolute Gasteiger partial charge is 0.493 e. The van der Waals surface area contributed by atoms with Crippen LogP contribution in [-0.4, -0.2) is 17.1 Å². The molecule has 0 radical (unpaired) electrons. The topological polar surface area (TPSA) is 81.8 Å². The van der Waals surface area contributed by atoms with E-state index >= 15 is 0 Å². The number of hydrogen-bond donors (Lipinski definition) is 1. The molecule has 0 aliphatic heterocycles. The monoisotopic (exact) mass is 367 g/mol. The van der Waals surface area contributed by atoms with Crippen LogP contribution in [0.15, 0.2) is 40.9 Å². The molecule has 1 N–H and O–H groups in total. The summed E-state index contributed by atoms with van der Waals surface area (Å²) >= 11 is 3.37. The summed E-state index contributed by atoms with van der Waals surface area (Å²) < 4.78 is 11.6. The maximum atomic E-state index is 10.8. The third kappa shape index (κ3) is 3.75. The van der Waals surface area contributed by atoms with Crippen molar-refractivity contribution in [2.24, 2.45) is 0 Å². The van der Waals surface area contributed by atoms with Crippen LogP contribution in [0.1, 0.15) is 11.1 Å². The van der Waals surface area contributed by atoms with Crippen LogP contribution in [-0.2, 0) is 13.2 Å². The molecular formula is C15H14BrNO5. The summed E-state index contributed by atoms with van der Waals surface area (Å²) in [6, 6.07) is 9.64. The summed E-state index contributed by atoms with van der Waals surface area (Å²) in [7, 11) is 1.50. The molecule has 0 spiro atoms. The van der Waals surface area contributed by atoms with Crippen LogP contribution in [0.3, 0.4) is 0 Å². The zero-order chi connectivity index (χ0) is 16.1. The lowest BCUT2D eigenvalue weighted by Crippen LogP contribution is -2.00. The van der Waals surface area contributed by atoms with Crippen molar-refractivity contribution in [3.8, 4) is 11.5 Å². The zero-order valence-corrected chi connectivity index (χ0v) is 13.4. The Morgan fingerprint density at radius 1 is 1.27 bits per heavy atom. The van der Waals surface area contributed by atoms with Gasteiger partial charge in [0, 0.05) is 12.1 Å². The Labute approximate surface area is 135 Å². The molecule has 2 aromatic carbocycles. The van der Waals surface area contributed by atoms with E-state index < -0.39 is 4.92 Å². The Kier molecular flexibility index (Phi) is 5.35. The normalized spacial score (nSPS) is 10.3. The predicted octanol–water partition coefficient (Wildman–Crippen LogP) is 3.44. The van der Waals surface area contributed by atoms with Crippen molar-refractivity contribution in [1.29, 1.82) is 0 Å². The van der Waals surface area contributed by atoms with Gasteiger partial charge in [-0.2, -0.15) is 0 Å².